The number of para-hydroxylation sites is 2. The van der Waals surface area contributed by atoms with Crippen molar-refractivity contribution in [3.8, 4) is 5.75 Å². The number of morpholine rings is 1. The molecule has 1 aliphatic carbocycles. The van der Waals surface area contributed by atoms with Crippen LogP contribution in [0.25, 0.3) is 0 Å². The Hall–Kier alpha value is -2.53. The Morgan fingerprint density at radius 1 is 0.967 bits per heavy atom. The Kier molecular flexibility index (Phi) is 5.38. The highest BCUT2D eigenvalue weighted by molar-refractivity contribution is 6.00. The van der Waals surface area contributed by atoms with Gasteiger partial charge in [0.05, 0.1) is 24.8 Å². The molecule has 1 amide bonds. The number of nitrogens with one attached hydrogen (secondary N) is 1. The maximum atomic E-state index is 13.4. The van der Waals surface area contributed by atoms with E-state index in [0.29, 0.717) is 13.2 Å². The van der Waals surface area contributed by atoms with E-state index in [0.717, 1.165) is 54.9 Å². The molecule has 2 heterocycles. The molecule has 5 heteroatoms. The first-order valence-corrected chi connectivity index (χ1v) is 11.2. The maximum absolute atomic E-state index is 13.4. The number of hydrogen-bond donors (Lipinski definition) is 1. The van der Waals surface area contributed by atoms with Crippen molar-refractivity contribution in [2.24, 2.45) is 0 Å². The normalized spacial score (nSPS) is 22.8. The van der Waals surface area contributed by atoms with E-state index in [9.17, 15) is 4.79 Å². The lowest BCUT2D eigenvalue weighted by atomic mass is 9.77. The van der Waals surface area contributed by atoms with Crippen molar-refractivity contribution in [2.45, 2.75) is 50.2 Å². The lowest BCUT2D eigenvalue weighted by molar-refractivity contribution is -0.00209. The summed E-state index contributed by atoms with van der Waals surface area (Å²) in [5, 5.41) is 3.37. The molecule has 5 nitrogen and oxygen atoms in total. The van der Waals surface area contributed by atoms with E-state index in [1.807, 2.05) is 42.5 Å². The summed E-state index contributed by atoms with van der Waals surface area (Å²) in [4.78, 5) is 15.7. The molecule has 0 bridgehead atoms. The highest BCUT2D eigenvalue weighted by atomic mass is 16.5. The van der Waals surface area contributed by atoms with Gasteiger partial charge in [0.25, 0.3) is 5.91 Å². The zero-order valence-electron chi connectivity index (χ0n) is 17.4. The number of fused-ring (bicyclic) bond motifs is 1. The van der Waals surface area contributed by atoms with Crippen LogP contribution in [0.4, 0.5) is 5.69 Å². The third-order valence-corrected chi connectivity index (χ3v) is 6.77. The molecule has 2 fully saturated rings. The Balaban J connectivity index is 1.42. The van der Waals surface area contributed by atoms with Gasteiger partial charge in [0, 0.05) is 30.8 Å². The number of amides is 1. The van der Waals surface area contributed by atoms with Gasteiger partial charge in [0.1, 0.15) is 11.4 Å². The van der Waals surface area contributed by atoms with Gasteiger partial charge < -0.3 is 19.7 Å². The predicted octanol–water partition coefficient (Wildman–Crippen LogP) is 4.48. The number of anilines is 1. The number of carbonyl (C=O) groups is 1. The smallest absolute Gasteiger partial charge is 0.253 e. The summed E-state index contributed by atoms with van der Waals surface area (Å²) in [6.45, 7) is 3.03. The highest BCUT2D eigenvalue weighted by Gasteiger charge is 2.42. The minimum atomic E-state index is -0.145. The summed E-state index contributed by atoms with van der Waals surface area (Å²) < 4.78 is 12.0. The van der Waals surface area contributed by atoms with Crippen molar-refractivity contribution >= 4 is 11.6 Å². The number of ether oxygens (including phenoxy) is 2. The average molecular weight is 407 g/mol. The van der Waals surface area contributed by atoms with Crippen LogP contribution < -0.4 is 15.0 Å². The second-order valence-electron chi connectivity index (χ2n) is 8.73. The predicted molar refractivity (Wildman–Crippen MR) is 117 cm³/mol. The summed E-state index contributed by atoms with van der Waals surface area (Å²) in [7, 11) is 0. The Bertz CT molecular complexity index is 901. The van der Waals surface area contributed by atoms with E-state index in [1.54, 1.807) is 0 Å². The van der Waals surface area contributed by atoms with Crippen molar-refractivity contribution in [1.82, 2.24) is 5.32 Å². The van der Waals surface area contributed by atoms with Crippen molar-refractivity contribution in [1.29, 1.82) is 0 Å². The van der Waals surface area contributed by atoms with Crippen molar-refractivity contribution in [2.75, 3.05) is 31.2 Å². The van der Waals surface area contributed by atoms with Crippen LogP contribution in [-0.2, 0) is 4.74 Å². The quantitative estimate of drug-likeness (QED) is 0.817. The van der Waals surface area contributed by atoms with E-state index < -0.39 is 0 Å². The number of rotatable bonds is 3. The van der Waals surface area contributed by atoms with E-state index in [2.05, 4.69) is 16.3 Å². The topological polar surface area (TPSA) is 50.8 Å². The molecular weight excluding hydrogens is 376 g/mol. The van der Waals surface area contributed by atoms with Gasteiger partial charge in [-0.05, 0) is 43.9 Å². The summed E-state index contributed by atoms with van der Waals surface area (Å²) >= 11 is 0. The van der Waals surface area contributed by atoms with Gasteiger partial charge in [-0.25, -0.2) is 0 Å². The standard InChI is InChI=1S/C25H30N2O3/c28-24(20-9-2-4-10-22(20)27-14-16-29-17-15-27)26-21-18-25(12-6-1-7-13-25)30-23-11-5-3-8-19(21)23/h2-5,8-11,21H,1,6-7,12-18H2,(H,26,28). The fourth-order valence-corrected chi connectivity index (χ4v) is 5.23. The largest absolute Gasteiger partial charge is 0.487 e. The molecule has 1 atom stereocenters. The second-order valence-corrected chi connectivity index (χ2v) is 8.73. The van der Waals surface area contributed by atoms with E-state index in [4.69, 9.17) is 9.47 Å². The average Bonchev–Trinajstić information content (AvgIpc) is 2.80. The summed E-state index contributed by atoms with van der Waals surface area (Å²) in [6, 6.07) is 16.1. The van der Waals surface area contributed by atoms with Gasteiger partial charge in [-0.2, -0.15) is 0 Å². The Morgan fingerprint density at radius 2 is 1.70 bits per heavy atom. The number of hydrogen-bond acceptors (Lipinski definition) is 4. The van der Waals surface area contributed by atoms with E-state index in [1.165, 1.54) is 19.3 Å². The van der Waals surface area contributed by atoms with Crippen molar-refractivity contribution in [3.05, 3.63) is 59.7 Å². The molecule has 5 rings (SSSR count). The first-order valence-electron chi connectivity index (χ1n) is 11.2. The van der Waals surface area contributed by atoms with Crippen LogP contribution in [0.5, 0.6) is 5.75 Å². The van der Waals surface area contributed by atoms with Crippen molar-refractivity contribution in [3.63, 3.8) is 0 Å². The second kappa shape index (κ2) is 8.31. The van der Waals surface area contributed by atoms with Crippen LogP contribution in [0.1, 0.15) is 60.5 Å². The molecule has 30 heavy (non-hydrogen) atoms. The zero-order valence-corrected chi connectivity index (χ0v) is 17.4. The third-order valence-electron chi connectivity index (χ3n) is 6.77. The molecule has 1 unspecified atom stereocenters. The highest BCUT2D eigenvalue weighted by Crippen LogP contribution is 2.46. The van der Waals surface area contributed by atoms with Gasteiger partial charge >= 0.3 is 0 Å². The molecule has 2 aromatic carbocycles. The molecule has 0 radical (unpaired) electrons. The van der Waals surface area contributed by atoms with Gasteiger partial charge in [-0.3, -0.25) is 4.79 Å². The van der Waals surface area contributed by atoms with Crippen LogP contribution in [0.2, 0.25) is 0 Å². The minimum Gasteiger partial charge on any atom is -0.487 e. The zero-order chi connectivity index (χ0) is 20.4. The van der Waals surface area contributed by atoms with Crippen LogP contribution in [0.3, 0.4) is 0 Å². The molecule has 3 aliphatic rings. The van der Waals surface area contributed by atoms with Crippen LogP contribution >= 0.6 is 0 Å². The fraction of sp³-hybridized carbons (Fsp3) is 0.480. The molecule has 0 aromatic heterocycles. The van der Waals surface area contributed by atoms with Gasteiger partial charge in [0.2, 0.25) is 0 Å². The van der Waals surface area contributed by atoms with Gasteiger partial charge in [-0.15, -0.1) is 0 Å². The number of nitrogens with zero attached hydrogens (tertiary/aromatic N) is 1. The first kappa shape index (κ1) is 19.4. The van der Waals surface area contributed by atoms with Crippen LogP contribution in [0, 0.1) is 0 Å². The lowest BCUT2D eigenvalue weighted by Gasteiger charge is -2.44. The maximum Gasteiger partial charge on any atom is 0.253 e. The Morgan fingerprint density at radius 3 is 2.53 bits per heavy atom. The summed E-state index contributed by atoms with van der Waals surface area (Å²) in [5.41, 5.74) is 2.67. The molecule has 2 aromatic rings. The number of benzene rings is 2. The molecule has 1 N–H and O–H groups in total. The summed E-state index contributed by atoms with van der Waals surface area (Å²) in [5.74, 6) is 0.919. The van der Waals surface area contributed by atoms with Gasteiger partial charge in [0.15, 0.2) is 0 Å². The first-order chi connectivity index (χ1) is 14.7. The fourth-order valence-electron chi connectivity index (χ4n) is 5.23. The Labute approximate surface area is 178 Å². The molecule has 2 aliphatic heterocycles. The SMILES string of the molecule is O=C(NC1CC2(CCCCC2)Oc2ccccc21)c1ccccc1N1CCOCC1. The van der Waals surface area contributed by atoms with E-state index >= 15 is 0 Å². The molecular formula is C25H30N2O3. The molecule has 1 spiro atoms. The van der Waals surface area contributed by atoms with Gasteiger partial charge in [-0.1, -0.05) is 36.8 Å². The molecule has 158 valence electrons. The monoisotopic (exact) mass is 406 g/mol. The van der Waals surface area contributed by atoms with Crippen LogP contribution in [-0.4, -0.2) is 37.8 Å². The summed E-state index contributed by atoms with van der Waals surface area (Å²) in [6.07, 6.45) is 6.65. The van der Waals surface area contributed by atoms with Crippen LogP contribution in [0.15, 0.2) is 48.5 Å². The molecule has 1 saturated carbocycles. The van der Waals surface area contributed by atoms with Crippen molar-refractivity contribution < 1.29 is 14.3 Å². The number of carbonyl (C=O) groups excluding carboxylic acids is 1. The lowest BCUT2D eigenvalue weighted by Crippen LogP contribution is -2.46. The minimum absolute atomic E-state index is 0.00949. The van der Waals surface area contributed by atoms with E-state index in [-0.39, 0.29) is 17.6 Å². The third kappa shape index (κ3) is 3.79. The molecule has 1 saturated heterocycles.